The van der Waals surface area contributed by atoms with Gasteiger partial charge in [-0.2, -0.15) is 13.2 Å². The molecule has 0 fully saturated rings. The Morgan fingerprint density at radius 1 is 1.03 bits per heavy atom. The highest BCUT2D eigenvalue weighted by atomic mass is 19.4. The van der Waals surface area contributed by atoms with Gasteiger partial charge in [0.25, 0.3) is 0 Å². The lowest BCUT2D eigenvalue weighted by atomic mass is 10.0. The third-order valence-electron chi connectivity index (χ3n) is 4.25. The van der Waals surface area contributed by atoms with Gasteiger partial charge in [0.2, 0.25) is 0 Å². The lowest BCUT2D eigenvalue weighted by Crippen LogP contribution is -2.39. The number of benzene rings is 2. The zero-order valence-electron chi connectivity index (χ0n) is 16.2. The first-order chi connectivity index (χ1) is 13.9. The summed E-state index contributed by atoms with van der Waals surface area (Å²) in [6.45, 7) is -0.297. The summed E-state index contributed by atoms with van der Waals surface area (Å²) in [5, 5.41) is 16.0. The molecule has 0 aliphatic rings. The molecule has 1 unspecified atom stereocenters. The number of aliphatic hydroxyl groups excluding tert-OH is 1. The molecule has 0 aliphatic carbocycles. The van der Waals surface area contributed by atoms with Gasteiger partial charge < -0.3 is 20.5 Å². The molecule has 2 aromatic carbocycles. The second kappa shape index (κ2) is 11.4. The van der Waals surface area contributed by atoms with E-state index in [1.807, 2.05) is 42.5 Å². The predicted molar refractivity (Wildman–Crippen MR) is 107 cm³/mol. The van der Waals surface area contributed by atoms with Gasteiger partial charge in [0.05, 0.1) is 13.2 Å². The second-order valence-electron chi connectivity index (χ2n) is 6.52. The van der Waals surface area contributed by atoms with E-state index in [1.165, 1.54) is 0 Å². The third kappa shape index (κ3) is 8.53. The highest BCUT2D eigenvalue weighted by molar-refractivity contribution is 5.79. The highest BCUT2D eigenvalue weighted by Crippen LogP contribution is 2.16. The van der Waals surface area contributed by atoms with Gasteiger partial charge in [-0.1, -0.05) is 54.6 Å². The summed E-state index contributed by atoms with van der Waals surface area (Å²) >= 11 is 0. The average Bonchev–Trinajstić information content (AvgIpc) is 2.71. The Bertz CT molecular complexity index is 750. The monoisotopic (exact) mass is 409 g/mol. The summed E-state index contributed by atoms with van der Waals surface area (Å²) < 4.78 is 40.9. The largest absolute Gasteiger partial charge is 0.411 e. The number of hydrogen-bond acceptors (Lipinski definition) is 3. The molecular formula is C21H26F3N3O2. The van der Waals surface area contributed by atoms with Crippen LogP contribution in [0, 0.1) is 0 Å². The summed E-state index contributed by atoms with van der Waals surface area (Å²) in [4.78, 5) is 4.17. The van der Waals surface area contributed by atoms with Crippen LogP contribution < -0.4 is 10.6 Å². The molecule has 0 radical (unpaired) electrons. The summed E-state index contributed by atoms with van der Waals surface area (Å²) in [6, 6.07) is 16.9. The van der Waals surface area contributed by atoms with E-state index >= 15 is 0 Å². The third-order valence-corrected chi connectivity index (χ3v) is 4.25. The Balaban J connectivity index is 1.78. The van der Waals surface area contributed by atoms with E-state index < -0.39 is 12.8 Å². The van der Waals surface area contributed by atoms with E-state index in [2.05, 4.69) is 20.4 Å². The number of nitrogens with one attached hydrogen (secondary N) is 2. The highest BCUT2D eigenvalue weighted by Gasteiger charge is 2.27. The fourth-order valence-electron chi connectivity index (χ4n) is 2.68. The Morgan fingerprint density at radius 3 is 2.28 bits per heavy atom. The van der Waals surface area contributed by atoms with Crippen molar-refractivity contribution in [3.63, 3.8) is 0 Å². The number of halogens is 3. The zero-order valence-corrected chi connectivity index (χ0v) is 16.2. The van der Waals surface area contributed by atoms with Crippen molar-refractivity contribution in [2.45, 2.75) is 25.2 Å². The van der Waals surface area contributed by atoms with Crippen LogP contribution in [0.3, 0.4) is 0 Å². The molecule has 0 aromatic heterocycles. The number of aliphatic hydroxyl groups is 1. The molecule has 0 amide bonds. The van der Waals surface area contributed by atoms with Crippen molar-refractivity contribution in [2.75, 3.05) is 26.8 Å². The molecule has 0 saturated carbocycles. The van der Waals surface area contributed by atoms with E-state index in [-0.39, 0.29) is 19.1 Å². The van der Waals surface area contributed by atoms with E-state index in [0.717, 1.165) is 11.1 Å². The fraction of sp³-hybridized carbons (Fsp3) is 0.381. The lowest BCUT2D eigenvalue weighted by molar-refractivity contribution is -0.176. The van der Waals surface area contributed by atoms with Crippen LogP contribution in [0.2, 0.25) is 0 Å². The molecule has 5 nitrogen and oxygen atoms in total. The molecule has 158 valence electrons. The van der Waals surface area contributed by atoms with Crippen LogP contribution in [0.4, 0.5) is 13.2 Å². The van der Waals surface area contributed by atoms with Gasteiger partial charge in [0.15, 0.2) is 5.96 Å². The van der Waals surface area contributed by atoms with E-state index in [0.29, 0.717) is 24.6 Å². The van der Waals surface area contributed by atoms with Crippen LogP contribution in [-0.2, 0) is 17.9 Å². The van der Waals surface area contributed by atoms with E-state index in [1.54, 1.807) is 19.2 Å². The number of hydrogen-bond donors (Lipinski definition) is 3. The first kappa shape index (κ1) is 22.7. The Labute approximate surface area is 168 Å². The molecule has 2 aromatic rings. The quantitative estimate of drug-likeness (QED) is 0.440. The standard InChI is InChI=1S/C21H26F3N3O2/c1-25-20(27-12-19(13-28)18-5-3-2-4-6-18)26-11-16-7-9-17(10-8-16)14-29-15-21(22,23)24/h2-10,19,28H,11-15H2,1H3,(H2,25,26,27). The molecule has 0 saturated heterocycles. The Kier molecular flexibility index (Phi) is 8.95. The number of rotatable bonds is 9. The van der Waals surface area contributed by atoms with Crippen molar-refractivity contribution in [3.8, 4) is 0 Å². The van der Waals surface area contributed by atoms with Crippen LogP contribution in [0.25, 0.3) is 0 Å². The van der Waals surface area contributed by atoms with Gasteiger partial charge in [-0.3, -0.25) is 4.99 Å². The molecule has 8 heteroatoms. The van der Waals surface area contributed by atoms with Gasteiger partial charge >= 0.3 is 6.18 Å². The van der Waals surface area contributed by atoms with Gasteiger partial charge in [-0.25, -0.2) is 0 Å². The molecule has 29 heavy (non-hydrogen) atoms. The first-order valence-electron chi connectivity index (χ1n) is 9.24. The molecule has 0 aliphatic heterocycles. The van der Waals surface area contributed by atoms with Crippen molar-refractivity contribution in [1.29, 1.82) is 0 Å². The number of nitrogens with zero attached hydrogens (tertiary/aromatic N) is 1. The molecule has 2 rings (SSSR count). The maximum absolute atomic E-state index is 12.1. The fourth-order valence-corrected chi connectivity index (χ4v) is 2.68. The summed E-state index contributed by atoms with van der Waals surface area (Å²) in [7, 11) is 1.66. The normalized spacial score (nSPS) is 13.2. The van der Waals surface area contributed by atoms with Crippen molar-refractivity contribution >= 4 is 5.96 Å². The van der Waals surface area contributed by atoms with Gasteiger partial charge in [0, 0.05) is 26.1 Å². The molecule has 0 heterocycles. The molecule has 0 bridgehead atoms. The second-order valence-corrected chi connectivity index (χ2v) is 6.52. The number of ether oxygens (including phenoxy) is 1. The molecule has 1 atom stereocenters. The van der Waals surface area contributed by atoms with E-state index in [4.69, 9.17) is 0 Å². The minimum atomic E-state index is -4.32. The van der Waals surface area contributed by atoms with Crippen molar-refractivity contribution in [2.24, 2.45) is 4.99 Å². The summed E-state index contributed by atoms with van der Waals surface area (Å²) in [5.74, 6) is 0.544. The van der Waals surface area contributed by atoms with Crippen molar-refractivity contribution < 1.29 is 23.0 Å². The zero-order chi connectivity index (χ0) is 21.1. The SMILES string of the molecule is CN=C(NCc1ccc(COCC(F)(F)F)cc1)NCC(CO)c1ccccc1. The van der Waals surface area contributed by atoms with Gasteiger partial charge in [-0.15, -0.1) is 0 Å². The Hall–Kier alpha value is -2.58. The van der Waals surface area contributed by atoms with Crippen LogP contribution in [-0.4, -0.2) is 44.0 Å². The molecule has 3 N–H and O–H groups in total. The Morgan fingerprint density at radius 2 is 1.69 bits per heavy atom. The smallest absolute Gasteiger partial charge is 0.396 e. The lowest BCUT2D eigenvalue weighted by Gasteiger charge is -2.18. The topological polar surface area (TPSA) is 65.9 Å². The predicted octanol–water partition coefficient (Wildman–Crippen LogP) is 3.21. The first-order valence-corrected chi connectivity index (χ1v) is 9.24. The molecular weight excluding hydrogens is 383 g/mol. The van der Waals surface area contributed by atoms with Crippen molar-refractivity contribution in [1.82, 2.24) is 10.6 Å². The maximum Gasteiger partial charge on any atom is 0.411 e. The van der Waals surface area contributed by atoms with Crippen molar-refractivity contribution in [3.05, 3.63) is 71.3 Å². The minimum Gasteiger partial charge on any atom is -0.396 e. The average molecular weight is 409 g/mol. The number of alkyl halides is 3. The van der Waals surface area contributed by atoms with Gasteiger partial charge in [0.1, 0.15) is 6.61 Å². The maximum atomic E-state index is 12.1. The summed E-state index contributed by atoms with van der Waals surface area (Å²) in [5.41, 5.74) is 2.67. The molecule has 0 spiro atoms. The van der Waals surface area contributed by atoms with E-state index in [9.17, 15) is 18.3 Å². The number of aliphatic imine (C=N–C) groups is 1. The summed E-state index contributed by atoms with van der Waals surface area (Å²) in [6.07, 6.45) is -4.32. The van der Waals surface area contributed by atoms with Crippen LogP contribution in [0.5, 0.6) is 0 Å². The van der Waals surface area contributed by atoms with Crippen LogP contribution >= 0.6 is 0 Å². The van der Waals surface area contributed by atoms with Crippen LogP contribution in [0.15, 0.2) is 59.6 Å². The minimum absolute atomic E-state index is 0.0197. The van der Waals surface area contributed by atoms with Crippen LogP contribution in [0.1, 0.15) is 22.6 Å². The number of guanidine groups is 1. The van der Waals surface area contributed by atoms with Gasteiger partial charge in [-0.05, 0) is 16.7 Å².